The van der Waals surface area contributed by atoms with Crippen LogP contribution in [0.1, 0.15) is 35.4 Å². The fraction of sp³-hybridized carbons (Fsp3) is 0.286. The number of hydrogen-bond donors (Lipinski definition) is 1. The van der Waals surface area contributed by atoms with Crippen molar-refractivity contribution < 1.29 is 13.2 Å². The topological polar surface area (TPSA) is 17.0 Å². The summed E-state index contributed by atoms with van der Waals surface area (Å²) in [5.74, 6) is 0. The molecule has 0 atom stereocenters. The number of alkyl halides is 3. The molecule has 2 nitrogen and oxygen atoms in total. The highest BCUT2D eigenvalue weighted by Crippen LogP contribution is 2.49. The maximum absolute atomic E-state index is 13.1. The molecule has 1 aliphatic heterocycles. The molecule has 4 rings (SSSR count). The van der Waals surface area contributed by atoms with Gasteiger partial charge < -0.3 is 5.32 Å². The van der Waals surface area contributed by atoms with Crippen molar-refractivity contribution in [2.75, 3.05) is 5.32 Å². The standard InChI is InChI=1S/C21H18ClF3N2S2/c1-10-7-11(2)17-13(8-10)16-18(20(3,4)26-17)29-27(19(16)28)12-5-6-14(15(22)9-12)21(23,24)25/h5-9,26H,1-4H3. The van der Waals surface area contributed by atoms with Gasteiger partial charge in [-0.3, -0.25) is 3.96 Å². The minimum atomic E-state index is -4.49. The van der Waals surface area contributed by atoms with Crippen LogP contribution in [0.2, 0.25) is 5.02 Å². The van der Waals surface area contributed by atoms with Crippen LogP contribution >= 0.6 is 35.4 Å². The van der Waals surface area contributed by atoms with E-state index in [9.17, 15) is 13.2 Å². The van der Waals surface area contributed by atoms with Gasteiger partial charge in [0.25, 0.3) is 0 Å². The van der Waals surface area contributed by atoms with E-state index in [1.807, 2.05) is 6.92 Å². The zero-order chi connectivity index (χ0) is 21.3. The largest absolute Gasteiger partial charge is 0.417 e. The van der Waals surface area contributed by atoms with E-state index in [0.29, 0.717) is 10.3 Å². The highest BCUT2D eigenvalue weighted by Gasteiger charge is 2.36. The van der Waals surface area contributed by atoms with Gasteiger partial charge in [-0.1, -0.05) is 47.0 Å². The van der Waals surface area contributed by atoms with E-state index in [2.05, 4.69) is 38.2 Å². The second-order valence-corrected chi connectivity index (χ2v) is 9.56. The van der Waals surface area contributed by atoms with Crippen molar-refractivity contribution in [3.05, 3.63) is 61.6 Å². The Kier molecular flexibility index (Phi) is 4.64. The molecule has 0 radical (unpaired) electrons. The Hall–Kier alpha value is -1.83. The summed E-state index contributed by atoms with van der Waals surface area (Å²) < 4.78 is 41.6. The predicted octanol–water partition coefficient (Wildman–Crippen LogP) is 7.88. The summed E-state index contributed by atoms with van der Waals surface area (Å²) in [6, 6.07) is 7.95. The highest BCUT2D eigenvalue weighted by molar-refractivity contribution is 7.71. The molecule has 2 heterocycles. The molecular formula is C21H18ClF3N2S2. The maximum atomic E-state index is 13.1. The van der Waals surface area contributed by atoms with Gasteiger partial charge in [0.1, 0.15) is 4.64 Å². The molecule has 0 unspecified atom stereocenters. The summed E-state index contributed by atoms with van der Waals surface area (Å²) in [6.45, 7) is 8.23. The van der Waals surface area contributed by atoms with E-state index in [4.69, 9.17) is 23.8 Å². The first-order chi connectivity index (χ1) is 13.4. The molecule has 1 aliphatic rings. The van der Waals surface area contributed by atoms with Gasteiger partial charge in [-0.05, 0) is 57.5 Å². The lowest BCUT2D eigenvalue weighted by Crippen LogP contribution is -2.31. The minimum Gasteiger partial charge on any atom is -0.374 e. The minimum absolute atomic E-state index is 0.340. The molecule has 152 valence electrons. The molecule has 2 aromatic carbocycles. The van der Waals surface area contributed by atoms with Crippen LogP contribution < -0.4 is 5.32 Å². The Balaban J connectivity index is 1.96. The van der Waals surface area contributed by atoms with Gasteiger partial charge in [-0.2, -0.15) is 13.2 Å². The smallest absolute Gasteiger partial charge is 0.374 e. The van der Waals surface area contributed by atoms with E-state index < -0.39 is 11.7 Å². The average molecular weight is 455 g/mol. The number of benzene rings is 2. The number of nitrogens with zero attached hydrogens (tertiary/aromatic N) is 1. The van der Waals surface area contributed by atoms with Gasteiger partial charge in [0, 0.05) is 16.8 Å². The molecule has 8 heteroatoms. The second-order valence-electron chi connectivity index (χ2n) is 7.81. The number of rotatable bonds is 1. The molecule has 0 amide bonds. The molecule has 0 fully saturated rings. The number of aryl methyl sites for hydroxylation is 2. The first kappa shape index (κ1) is 20.4. The molecule has 0 saturated carbocycles. The number of anilines is 1. The average Bonchev–Trinajstić information content (AvgIpc) is 2.94. The first-order valence-corrected chi connectivity index (χ1v) is 10.5. The van der Waals surface area contributed by atoms with Crippen molar-refractivity contribution in [3.8, 4) is 16.8 Å². The first-order valence-electron chi connectivity index (χ1n) is 8.94. The lowest BCUT2D eigenvalue weighted by atomic mass is 9.87. The zero-order valence-corrected chi connectivity index (χ0v) is 18.6. The lowest BCUT2D eigenvalue weighted by Gasteiger charge is -2.34. The second kappa shape index (κ2) is 6.59. The monoisotopic (exact) mass is 454 g/mol. The van der Waals surface area contributed by atoms with Gasteiger partial charge in [-0.25, -0.2) is 0 Å². The van der Waals surface area contributed by atoms with Crippen molar-refractivity contribution in [2.24, 2.45) is 0 Å². The number of aromatic nitrogens is 1. The van der Waals surface area contributed by atoms with Crippen LogP contribution in [0.15, 0.2) is 30.3 Å². The number of hydrogen-bond acceptors (Lipinski definition) is 3. The summed E-state index contributed by atoms with van der Waals surface area (Å²) >= 11 is 13.2. The van der Waals surface area contributed by atoms with Crippen LogP contribution in [0.3, 0.4) is 0 Å². The molecule has 1 N–H and O–H groups in total. The van der Waals surface area contributed by atoms with Crippen LogP contribution in [0.5, 0.6) is 0 Å². The van der Waals surface area contributed by atoms with Crippen LogP contribution in [0.4, 0.5) is 18.9 Å². The lowest BCUT2D eigenvalue weighted by molar-refractivity contribution is -0.137. The molecule has 0 saturated heterocycles. The molecule has 29 heavy (non-hydrogen) atoms. The number of fused-ring (bicyclic) bond motifs is 3. The number of halogens is 4. The van der Waals surface area contributed by atoms with E-state index in [1.54, 1.807) is 3.96 Å². The van der Waals surface area contributed by atoms with E-state index >= 15 is 0 Å². The quantitative estimate of drug-likeness (QED) is 0.376. The highest BCUT2D eigenvalue weighted by atomic mass is 35.5. The van der Waals surface area contributed by atoms with Gasteiger partial charge in [0.2, 0.25) is 0 Å². The Morgan fingerprint density at radius 2 is 1.83 bits per heavy atom. The normalized spacial score (nSPS) is 14.9. The summed E-state index contributed by atoms with van der Waals surface area (Å²) in [4.78, 5) is 1.04. The van der Waals surface area contributed by atoms with Crippen LogP contribution in [0.25, 0.3) is 16.8 Å². The van der Waals surface area contributed by atoms with Crippen molar-refractivity contribution >= 4 is 41.0 Å². The third-order valence-corrected chi connectivity index (χ3v) is 7.34. The van der Waals surface area contributed by atoms with Gasteiger partial charge in [0.15, 0.2) is 0 Å². The molecule has 0 spiro atoms. The van der Waals surface area contributed by atoms with Gasteiger partial charge >= 0.3 is 6.18 Å². The third kappa shape index (κ3) is 3.29. The van der Waals surface area contributed by atoms with Crippen molar-refractivity contribution in [1.29, 1.82) is 0 Å². The molecule has 3 aromatic rings. The van der Waals surface area contributed by atoms with Crippen LogP contribution in [0, 0.1) is 18.5 Å². The van der Waals surface area contributed by atoms with Crippen molar-refractivity contribution in [3.63, 3.8) is 0 Å². The predicted molar refractivity (Wildman–Crippen MR) is 116 cm³/mol. The van der Waals surface area contributed by atoms with Gasteiger partial charge in [-0.15, -0.1) is 0 Å². The molecule has 1 aromatic heterocycles. The molecular weight excluding hydrogens is 437 g/mol. The van der Waals surface area contributed by atoms with Crippen molar-refractivity contribution in [1.82, 2.24) is 3.96 Å². The van der Waals surface area contributed by atoms with E-state index in [0.717, 1.165) is 38.9 Å². The van der Waals surface area contributed by atoms with Crippen LogP contribution in [-0.4, -0.2) is 3.96 Å². The zero-order valence-electron chi connectivity index (χ0n) is 16.2. The Bertz CT molecular complexity index is 1210. The van der Waals surface area contributed by atoms with E-state index in [1.165, 1.54) is 23.7 Å². The SMILES string of the molecule is Cc1cc(C)c2c(c1)-c1c(sn(-c3ccc(C(F)(F)F)c(Cl)c3)c1=S)C(C)(C)N2. The van der Waals surface area contributed by atoms with Crippen molar-refractivity contribution in [2.45, 2.75) is 39.4 Å². The summed E-state index contributed by atoms with van der Waals surface area (Å²) in [5.41, 5.74) is 4.56. The Morgan fingerprint density at radius 1 is 1.14 bits per heavy atom. The molecule has 0 aliphatic carbocycles. The fourth-order valence-electron chi connectivity index (χ4n) is 3.77. The van der Waals surface area contributed by atoms with Crippen LogP contribution in [-0.2, 0) is 11.7 Å². The summed E-state index contributed by atoms with van der Waals surface area (Å²) in [7, 11) is 0. The fourth-order valence-corrected chi connectivity index (χ4v) is 5.70. The molecule has 0 bridgehead atoms. The van der Waals surface area contributed by atoms with Gasteiger partial charge in [0.05, 0.1) is 26.7 Å². The summed E-state index contributed by atoms with van der Waals surface area (Å²) in [5, 5.41) is 3.26. The Morgan fingerprint density at radius 3 is 2.45 bits per heavy atom. The number of nitrogens with one attached hydrogen (secondary N) is 1. The van der Waals surface area contributed by atoms with E-state index in [-0.39, 0.29) is 10.6 Å². The third-order valence-electron chi connectivity index (χ3n) is 5.05. The Labute approximate surface area is 181 Å². The summed E-state index contributed by atoms with van der Waals surface area (Å²) in [6.07, 6.45) is -4.49. The maximum Gasteiger partial charge on any atom is 0.417 e.